The van der Waals surface area contributed by atoms with E-state index in [-0.39, 0.29) is 24.6 Å². The number of sulfonamides is 1. The summed E-state index contributed by atoms with van der Waals surface area (Å²) in [7, 11) is -3.89. The van der Waals surface area contributed by atoms with Crippen LogP contribution in [0.25, 0.3) is 0 Å². The second kappa shape index (κ2) is 13.5. The number of rotatable bonds is 11. The first-order valence-corrected chi connectivity index (χ1v) is 15.2. The van der Waals surface area contributed by atoms with Crippen molar-refractivity contribution in [2.24, 2.45) is 0 Å². The molecule has 39 heavy (non-hydrogen) atoms. The van der Waals surface area contributed by atoms with Gasteiger partial charge in [-0.15, -0.1) is 0 Å². The van der Waals surface area contributed by atoms with Crippen molar-refractivity contribution in [3.63, 3.8) is 0 Å². The van der Waals surface area contributed by atoms with Crippen molar-refractivity contribution in [2.75, 3.05) is 23.7 Å². The molecule has 208 valence electrons. The maximum atomic E-state index is 14.0. The molecular weight excluding hydrogens is 581 g/mol. The van der Waals surface area contributed by atoms with Crippen molar-refractivity contribution in [2.45, 2.75) is 32.9 Å². The number of likely N-dealkylation sites (N-methyl/N-ethyl adjacent to an activating group) is 1. The summed E-state index contributed by atoms with van der Waals surface area (Å²) in [4.78, 5) is 28.7. The Bertz CT molecular complexity index is 1440. The van der Waals surface area contributed by atoms with E-state index in [2.05, 4.69) is 5.32 Å². The Morgan fingerprint density at radius 1 is 0.949 bits per heavy atom. The van der Waals surface area contributed by atoms with Gasteiger partial charge in [-0.25, -0.2) is 8.42 Å². The molecule has 3 aromatic carbocycles. The fraction of sp³-hybridized carbons (Fsp3) is 0.286. The number of halogens is 3. The van der Waals surface area contributed by atoms with E-state index in [4.69, 9.17) is 34.8 Å². The van der Waals surface area contributed by atoms with Crippen LogP contribution in [0.2, 0.25) is 15.1 Å². The Labute approximate surface area is 244 Å². The van der Waals surface area contributed by atoms with Crippen molar-refractivity contribution in [1.29, 1.82) is 0 Å². The summed E-state index contributed by atoms with van der Waals surface area (Å²) < 4.78 is 26.6. The maximum Gasteiger partial charge on any atom is 0.244 e. The van der Waals surface area contributed by atoms with Gasteiger partial charge in [-0.1, -0.05) is 77.3 Å². The van der Waals surface area contributed by atoms with Crippen LogP contribution < -0.4 is 9.62 Å². The molecule has 0 heterocycles. The Kier molecular flexibility index (Phi) is 10.7. The minimum Gasteiger partial charge on any atom is -0.355 e. The standard InChI is InChI=1S/C28H30Cl3N3O4S/c1-4-32-28(36)26(14-20-8-6-5-7-9-20)33(17-21-11-12-22(29)15-25(21)31)27(35)18-34(39(3,37)38)23-13-10-19(2)24(30)16-23/h5-13,15-16,26H,4,14,17-18H2,1-3H3,(H,32,36). The Hall–Kier alpha value is -2.78. The summed E-state index contributed by atoms with van der Waals surface area (Å²) in [6, 6.07) is 18.0. The SMILES string of the molecule is CCNC(=O)C(Cc1ccccc1)N(Cc1ccc(Cl)cc1Cl)C(=O)CN(c1ccc(C)c(Cl)c1)S(C)(=O)=O. The average molecular weight is 611 g/mol. The first kappa shape index (κ1) is 30.8. The van der Waals surface area contributed by atoms with Crippen LogP contribution in [-0.4, -0.2) is 50.5 Å². The lowest BCUT2D eigenvalue weighted by molar-refractivity contribution is -0.140. The van der Waals surface area contributed by atoms with E-state index >= 15 is 0 Å². The lowest BCUT2D eigenvalue weighted by atomic mass is 10.0. The predicted octanol–water partition coefficient (Wildman–Crippen LogP) is 5.50. The summed E-state index contributed by atoms with van der Waals surface area (Å²) >= 11 is 18.8. The number of carbonyl (C=O) groups excluding carboxylic acids is 2. The van der Waals surface area contributed by atoms with Crippen LogP contribution in [0, 0.1) is 6.92 Å². The number of nitrogens with zero attached hydrogens (tertiary/aromatic N) is 2. The van der Waals surface area contributed by atoms with Gasteiger partial charge in [-0.05, 0) is 54.8 Å². The molecule has 7 nitrogen and oxygen atoms in total. The highest BCUT2D eigenvalue weighted by Crippen LogP contribution is 2.27. The van der Waals surface area contributed by atoms with Crippen LogP contribution >= 0.6 is 34.8 Å². The highest BCUT2D eigenvalue weighted by atomic mass is 35.5. The number of anilines is 1. The zero-order valence-corrected chi connectivity index (χ0v) is 24.9. The van der Waals surface area contributed by atoms with E-state index in [0.717, 1.165) is 21.7 Å². The second-order valence-corrected chi connectivity index (χ2v) is 12.2. The smallest absolute Gasteiger partial charge is 0.244 e. The van der Waals surface area contributed by atoms with Gasteiger partial charge in [0.15, 0.2) is 0 Å². The number of hydrogen-bond donors (Lipinski definition) is 1. The summed E-state index contributed by atoms with van der Waals surface area (Å²) in [6.07, 6.45) is 1.22. The molecule has 0 bridgehead atoms. The fourth-order valence-electron chi connectivity index (χ4n) is 4.03. The number of amides is 2. The Morgan fingerprint density at radius 2 is 1.64 bits per heavy atom. The van der Waals surface area contributed by atoms with Crippen molar-refractivity contribution in [1.82, 2.24) is 10.2 Å². The molecule has 0 saturated carbocycles. The van der Waals surface area contributed by atoms with Crippen LogP contribution in [0.15, 0.2) is 66.7 Å². The predicted molar refractivity (Wildman–Crippen MR) is 158 cm³/mol. The van der Waals surface area contributed by atoms with Gasteiger partial charge in [0, 0.05) is 34.6 Å². The van der Waals surface area contributed by atoms with E-state index in [9.17, 15) is 18.0 Å². The number of benzene rings is 3. The van der Waals surface area contributed by atoms with Gasteiger partial charge in [-0.3, -0.25) is 13.9 Å². The summed E-state index contributed by atoms with van der Waals surface area (Å²) in [5, 5.41) is 3.91. The fourth-order valence-corrected chi connectivity index (χ4v) is 5.51. The molecule has 0 aliphatic rings. The van der Waals surface area contributed by atoms with E-state index in [1.165, 1.54) is 11.0 Å². The highest BCUT2D eigenvalue weighted by Gasteiger charge is 2.33. The number of nitrogens with one attached hydrogen (secondary N) is 1. The quantitative estimate of drug-likeness (QED) is 0.311. The molecule has 0 aliphatic heterocycles. The molecule has 0 saturated heterocycles. The van der Waals surface area contributed by atoms with E-state index in [1.807, 2.05) is 30.3 Å². The molecule has 0 radical (unpaired) electrons. The highest BCUT2D eigenvalue weighted by molar-refractivity contribution is 7.92. The summed E-state index contributed by atoms with van der Waals surface area (Å²) in [6.45, 7) is 3.33. The van der Waals surface area contributed by atoms with E-state index in [0.29, 0.717) is 27.2 Å². The molecule has 0 spiro atoms. The minimum absolute atomic E-state index is 0.0459. The lowest BCUT2D eigenvalue weighted by Crippen LogP contribution is -2.53. The van der Waals surface area contributed by atoms with E-state index in [1.54, 1.807) is 44.2 Å². The van der Waals surface area contributed by atoms with Gasteiger partial charge in [0.25, 0.3) is 0 Å². The van der Waals surface area contributed by atoms with Gasteiger partial charge in [0.1, 0.15) is 12.6 Å². The van der Waals surface area contributed by atoms with Crippen molar-refractivity contribution in [3.8, 4) is 0 Å². The van der Waals surface area contributed by atoms with Crippen LogP contribution in [0.3, 0.4) is 0 Å². The van der Waals surface area contributed by atoms with Crippen LogP contribution in [-0.2, 0) is 32.6 Å². The average Bonchev–Trinajstić information content (AvgIpc) is 2.87. The largest absolute Gasteiger partial charge is 0.355 e. The molecule has 0 aromatic heterocycles. The zero-order valence-electron chi connectivity index (χ0n) is 21.8. The topological polar surface area (TPSA) is 86.8 Å². The van der Waals surface area contributed by atoms with Gasteiger partial charge in [0.2, 0.25) is 21.8 Å². The first-order valence-electron chi connectivity index (χ1n) is 12.2. The third-order valence-electron chi connectivity index (χ3n) is 6.10. The Morgan fingerprint density at radius 3 is 2.23 bits per heavy atom. The van der Waals surface area contributed by atoms with Crippen LogP contribution in [0.4, 0.5) is 5.69 Å². The van der Waals surface area contributed by atoms with Gasteiger partial charge in [-0.2, -0.15) is 0 Å². The monoisotopic (exact) mass is 609 g/mol. The minimum atomic E-state index is -3.89. The van der Waals surface area contributed by atoms with Gasteiger partial charge >= 0.3 is 0 Å². The van der Waals surface area contributed by atoms with Gasteiger partial charge in [0.05, 0.1) is 11.9 Å². The Balaban J connectivity index is 2.07. The van der Waals surface area contributed by atoms with Crippen molar-refractivity contribution in [3.05, 3.63) is 98.5 Å². The molecular formula is C28H30Cl3N3O4S. The zero-order chi connectivity index (χ0) is 28.7. The molecule has 1 atom stereocenters. The molecule has 1 unspecified atom stereocenters. The summed E-state index contributed by atoms with van der Waals surface area (Å²) in [5.41, 5.74) is 2.39. The number of carbonyl (C=O) groups is 2. The molecule has 3 aromatic rings. The van der Waals surface area contributed by atoms with Gasteiger partial charge < -0.3 is 10.2 Å². The van der Waals surface area contributed by atoms with E-state index < -0.39 is 28.5 Å². The lowest BCUT2D eigenvalue weighted by Gasteiger charge is -2.33. The molecule has 3 rings (SSSR count). The molecule has 1 N–H and O–H groups in total. The third-order valence-corrected chi connectivity index (χ3v) is 8.24. The van der Waals surface area contributed by atoms with Crippen molar-refractivity contribution < 1.29 is 18.0 Å². The van der Waals surface area contributed by atoms with Crippen molar-refractivity contribution >= 4 is 62.3 Å². The molecule has 0 aliphatic carbocycles. The number of hydrogen-bond acceptors (Lipinski definition) is 4. The first-order chi connectivity index (χ1) is 18.4. The summed E-state index contributed by atoms with van der Waals surface area (Å²) in [5.74, 6) is -0.959. The normalized spacial score (nSPS) is 12.1. The third kappa shape index (κ3) is 8.35. The molecule has 11 heteroatoms. The second-order valence-electron chi connectivity index (χ2n) is 9.06. The number of aryl methyl sites for hydroxylation is 1. The molecule has 2 amide bonds. The van der Waals surface area contributed by atoms with Crippen LogP contribution in [0.1, 0.15) is 23.6 Å². The van der Waals surface area contributed by atoms with Crippen LogP contribution in [0.5, 0.6) is 0 Å². The molecule has 0 fully saturated rings. The maximum absolute atomic E-state index is 14.0.